The van der Waals surface area contributed by atoms with E-state index in [1.54, 1.807) is 16.8 Å². The van der Waals surface area contributed by atoms with Gasteiger partial charge in [0, 0.05) is 28.2 Å². The number of aldehydes is 1. The smallest absolute Gasteiger partial charge is 0.248 e. The molecule has 0 aliphatic carbocycles. The second-order valence-corrected chi connectivity index (χ2v) is 5.67. The van der Waals surface area contributed by atoms with Gasteiger partial charge in [0.05, 0.1) is 12.8 Å². The van der Waals surface area contributed by atoms with Crippen LogP contribution in [0.5, 0.6) is 5.75 Å². The van der Waals surface area contributed by atoms with Gasteiger partial charge in [0.25, 0.3) is 0 Å². The number of fused-ring (bicyclic) bond motifs is 1. The van der Waals surface area contributed by atoms with Gasteiger partial charge in [-0.3, -0.25) is 14.4 Å². The van der Waals surface area contributed by atoms with Crippen molar-refractivity contribution in [1.82, 2.24) is 4.57 Å². The van der Waals surface area contributed by atoms with E-state index in [9.17, 15) is 14.4 Å². The summed E-state index contributed by atoms with van der Waals surface area (Å²) in [5.74, 6) is -0.521. The van der Waals surface area contributed by atoms with Crippen molar-refractivity contribution in [3.63, 3.8) is 0 Å². The van der Waals surface area contributed by atoms with Crippen molar-refractivity contribution in [2.75, 3.05) is 12.4 Å². The summed E-state index contributed by atoms with van der Waals surface area (Å²) in [5.41, 5.74) is 7.18. The van der Waals surface area contributed by atoms with E-state index in [2.05, 4.69) is 5.32 Å². The lowest BCUT2D eigenvalue weighted by Crippen LogP contribution is -2.19. The number of ether oxygens (including phenoxy) is 1. The van der Waals surface area contributed by atoms with Gasteiger partial charge in [0.2, 0.25) is 11.8 Å². The van der Waals surface area contributed by atoms with Crippen molar-refractivity contribution in [2.45, 2.75) is 6.54 Å². The van der Waals surface area contributed by atoms with E-state index in [-0.39, 0.29) is 18.0 Å². The molecule has 1 aromatic heterocycles. The molecular formula is C19H17N3O4. The zero-order valence-electron chi connectivity index (χ0n) is 14.1. The lowest BCUT2D eigenvalue weighted by molar-refractivity contribution is -0.116. The first-order chi connectivity index (χ1) is 12.5. The average molecular weight is 351 g/mol. The molecule has 0 saturated carbocycles. The Hall–Kier alpha value is -3.61. The Balaban J connectivity index is 1.87. The highest BCUT2D eigenvalue weighted by Gasteiger charge is 2.13. The van der Waals surface area contributed by atoms with E-state index >= 15 is 0 Å². The molecule has 3 rings (SSSR count). The average Bonchev–Trinajstić information content (AvgIpc) is 2.99. The molecule has 7 heteroatoms. The molecular weight excluding hydrogens is 334 g/mol. The molecule has 0 fully saturated rings. The maximum absolute atomic E-state index is 12.5. The summed E-state index contributed by atoms with van der Waals surface area (Å²) in [6, 6.07) is 11.9. The molecule has 2 amide bonds. The SMILES string of the molecule is COc1ccc(C(N)=O)cc1NC(=O)Cn1cc(C=O)c2ccccc21. The Bertz CT molecular complexity index is 1010. The molecule has 1 heterocycles. The van der Waals surface area contributed by atoms with Gasteiger partial charge in [-0.2, -0.15) is 0 Å². The predicted octanol–water partition coefficient (Wildman–Crippen LogP) is 2.20. The van der Waals surface area contributed by atoms with Crippen LogP contribution >= 0.6 is 0 Å². The van der Waals surface area contributed by atoms with Gasteiger partial charge in [0.15, 0.2) is 6.29 Å². The Morgan fingerprint density at radius 2 is 2.00 bits per heavy atom. The van der Waals surface area contributed by atoms with Gasteiger partial charge in [-0.1, -0.05) is 18.2 Å². The van der Waals surface area contributed by atoms with Crippen molar-refractivity contribution in [3.8, 4) is 5.75 Å². The number of primary amides is 1. The third kappa shape index (κ3) is 3.27. The molecule has 26 heavy (non-hydrogen) atoms. The topological polar surface area (TPSA) is 103 Å². The van der Waals surface area contributed by atoms with Crippen molar-refractivity contribution < 1.29 is 19.1 Å². The number of carbonyl (C=O) groups is 3. The minimum Gasteiger partial charge on any atom is -0.495 e. The number of benzene rings is 2. The van der Waals surface area contributed by atoms with Crippen molar-refractivity contribution in [1.29, 1.82) is 0 Å². The first-order valence-electron chi connectivity index (χ1n) is 7.84. The lowest BCUT2D eigenvalue weighted by Gasteiger charge is -2.12. The maximum Gasteiger partial charge on any atom is 0.248 e. The molecule has 132 valence electrons. The molecule has 2 aromatic carbocycles. The highest BCUT2D eigenvalue weighted by Crippen LogP contribution is 2.26. The third-order valence-electron chi connectivity index (χ3n) is 4.02. The number of methoxy groups -OCH3 is 1. The largest absolute Gasteiger partial charge is 0.495 e. The summed E-state index contributed by atoms with van der Waals surface area (Å²) in [5, 5.41) is 3.50. The van der Waals surface area contributed by atoms with E-state index in [0.29, 0.717) is 17.0 Å². The Labute approximate surface area is 149 Å². The number of nitrogens with zero attached hydrogens (tertiary/aromatic N) is 1. The zero-order chi connectivity index (χ0) is 18.7. The van der Waals surface area contributed by atoms with E-state index in [1.807, 2.05) is 24.3 Å². The second-order valence-electron chi connectivity index (χ2n) is 5.67. The number of nitrogens with one attached hydrogen (secondary N) is 1. The van der Waals surface area contributed by atoms with Gasteiger partial charge >= 0.3 is 0 Å². The summed E-state index contributed by atoms with van der Waals surface area (Å²) in [6.45, 7) is -0.00168. The van der Waals surface area contributed by atoms with E-state index in [1.165, 1.54) is 19.2 Å². The molecule has 0 unspecified atom stereocenters. The minimum absolute atomic E-state index is 0.00168. The van der Waals surface area contributed by atoms with Gasteiger partial charge in [-0.25, -0.2) is 0 Å². The van der Waals surface area contributed by atoms with Crippen molar-refractivity contribution in [3.05, 3.63) is 59.8 Å². The number of hydrogen-bond donors (Lipinski definition) is 2. The van der Waals surface area contributed by atoms with Crippen LogP contribution in [0.25, 0.3) is 10.9 Å². The number of para-hydroxylation sites is 1. The lowest BCUT2D eigenvalue weighted by atomic mass is 10.1. The summed E-state index contributed by atoms with van der Waals surface area (Å²) in [4.78, 5) is 35.0. The maximum atomic E-state index is 12.5. The van der Waals surface area contributed by atoms with Crippen LogP contribution in [0.15, 0.2) is 48.7 Å². The van der Waals surface area contributed by atoms with Crippen LogP contribution in [0.4, 0.5) is 5.69 Å². The molecule has 0 aliphatic heterocycles. The normalized spacial score (nSPS) is 10.5. The van der Waals surface area contributed by atoms with Crippen LogP contribution in [-0.2, 0) is 11.3 Å². The Morgan fingerprint density at radius 3 is 2.69 bits per heavy atom. The number of nitrogens with two attached hydrogens (primary N) is 1. The monoisotopic (exact) mass is 351 g/mol. The summed E-state index contributed by atoms with van der Waals surface area (Å²) >= 11 is 0. The van der Waals surface area contributed by atoms with E-state index in [4.69, 9.17) is 10.5 Å². The first kappa shape index (κ1) is 17.2. The molecule has 0 spiro atoms. The van der Waals surface area contributed by atoms with Gasteiger partial charge in [-0.05, 0) is 24.3 Å². The van der Waals surface area contributed by atoms with Crippen LogP contribution in [0.1, 0.15) is 20.7 Å². The molecule has 0 bridgehead atoms. The fraction of sp³-hybridized carbons (Fsp3) is 0.105. The number of anilines is 1. The zero-order valence-corrected chi connectivity index (χ0v) is 14.1. The summed E-state index contributed by atoms with van der Waals surface area (Å²) in [6.07, 6.45) is 2.39. The van der Waals surface area contributed by atoms with Gasteiger partial charge < -0.3 is 20.4 Å². The number of amides is 2. The molecule has 3 N–H and O–H groups in total. The summed E-state index contributed by atoms with van der Waals surface area (Å²) < 4.78 is 6.90. The third-order valence-corrected chi connectivity index (χ3v) is 4.02. The van der Waals surface area contributed by atoms with Crippen LogP contribution < -0.4 is 15.8 Å². The highest BCUT2D eigenvalue weighted by atomic mass is 16.5. The standard InChI is InChI=1S/C19H17N3O4/c1-26-17-7-6-12(19(20)25)8-15(17)21-18(24)10-22-9-13(11-23)14-4-2-3-5-16(14)22/h2-9,11H,10H2,1H3,(H2,20,25)(H,21,24). The summed E-state index contributed by atoms with van der Waals surface area (Å²) in [7, 11) is 1.46. The van der Waals surface area contributed by atoms with Crippen molar-refractivity contribution in [2.24, 2.45) is 5.73 Å². The van der Waals surface area contributed by atoms with Crippen LogP contribution in [-0.4, -0.2) is 29.8 Å². The minimum atomic E-state index is -0.602. The van der Waals surface area contributed by atoms with Gasteiger partial charge in [-0.15, -0.1) is 0 Å². The van der Waals surface area contributed by atoms with Crippen LogP contribution in [0.3, 0.4) is 0 Å². The fourth-order valence-electron chi connectivity index (χ4n) is 2.80. The van der Waals surface area contributed by atoms with E-state index < -0.39 is 5.91 Å². The fourth-order valence-corrected chi connectivity index (χ4v) is 2.80. The molecule has 0 atom stereocenters. The molecule has 0 radical (unpaired) electrons. The highest BCUT2D eigenvalue weighted by molar-refractivity contribution is 6.00. The number of hydrogen-bond acceptors (Lipinski definition) is 4. The predicted molar refractivity (Wildman–Crippen MR) is 97.5 cm³/mol. The molecule has 3 aromatic rings. The first-order valence-corrected chi connectivity index (χ1v) is 7.84. The van der Waals surface area contributed by atoms with Crippen LogP contribution in [0, 0.1) is 0 Å². The second kappa shape index (κ2) is 7.10. The number of rotatable bonds is 6. The molecule has 0 aliphatic rings. The van der Waals surface area contributed by atoms with E-state index in [0.717, 1.165) is 17.2 Å². The Morgan fingerprint density at radius 1 is 1.23 bits per heavy atom. The molecule has 7 nitrogen and oxygen atoms in total. The number of carbonyl (C=O) groups excluding carboxylic acids is 3. The quantitative estimate of drug-likeness (QED) is 0.664. The van der Waals surface area contributed by atoms with Crippen LogP contribution in [0.2, 0.25) is 0 Å². The Kier molecular flexibility index (Phi) is 4.70. The number of aromatic nitrogens is 1. The molecule has 0 saturated heterocycles. The van der Waals surface area contributed by atoms with Gasteiger partial charge in [0.1, 0.15) is 12.3 Å². The van der Waals surface area contributed by atoms with Crippen molar-refractivity contribution >= 4 is 34.7 Å².